The molecule has 5 N–H and O–H groups in total. The normalized spacial score (nSPS) is 26.2. The van der Waals surface area contributed by atoms with E-state index in [4.69, 9.17) is 34.7 Å². The van der Waals surface area contributed by atoms with Crippen molar-refractivity contribution in [2.24, 2.45) is 11.7 Å². The fourth-order valence-electron chi connectivity index (χ4n) is 5.66. The number of aromatic nitrogens is 3. The molecule has 1 unspecified atom stereocenters. The number of carbonyl (C=O) groups excluding carboxylic acids is 2. The Morgan fingerprint density at radius 2 is 1.96 bits per heavy atom. The Kier molecular flexibility index (Phi) is 10.8. The predicted molar refractivity (Wildman–Crippen MR) is 168 cm³/mol. The minimum Gasteiger partial charge on any atom is -0.464 e. The fraction of sp³-hybridized carbons (Fsp3) is 0.516. The molecule has 2 aromatic heterocycles. The van der Waals surface area contributed by atoms with Gasteiger partial charge in [-0.05, 0) is 62.8 Å². The second kappa shape index (κ2) is 14.8. The molecule has 1 saturated heterocycles. The Hall–Kier alpha value is -4.06. The Morgan fingerprint density at radius 1 is 1.21 bits per heavy atom. The molecule has 0 spiro atoms. The average Bonchev–Trinajstić information content (AvgIpc) is 3.66. The van der Waals surface area contributed by atoms with Crippen LogP contribution in [-0.4, -0.2) is 63.5 Å². The third-order valence-electron chi connectivity index (χ3n) is 8.29. The van der Waals surface area contributed by atoms with E-state index in [1.807, 2.05) is 0 Å². The second-order valence-electron chi connectivity index (χ2n) is 11.9. The average molecular weight is 670 g/mol. The summed E-state index contributed by atoms with van der Waals surface area (Å²) in [6, 6.07) is 12.8. The van der Waals surface area contributed by atoms with Crippen LogP contribution in [0.25, 0.3) is 5.52 Å². The first-order valence-electron chi connectivity index (χ1n) is 15.6. The topological polar surface area (TPSA) is 215 Å². The molecule has 1 aliphatic heterocycles. The minimum absolute atomic E-state index is 0.0929. The van der Waals surface area contributed by atoms with Gasteiger partial charge < -0.3 is 30.2 Å². The maximum Gasteiger partial charge on any atom is 0.459 e. The van der Waals surface area contributed by atoms with E-state index in [9.17, 15) is 19.4 Å². The number of anilines is 1. The summed E-state index contributed by atoms with van der Waals surface area (Å²) in [5.41, 5.74) is 11.2. The van der Waals surface area contributed by atoms with Gasteiger partial charge >= 0.3 is 19.7 Å². The SMILES string of the molecule is CCC(=O)O[C@@H]1C[C@@](C#N)(COP(=O)(N[C@@H](C)C(=O)OCC2CCC(N)CC2)Oc2ccccc2)O[C@H]1c1ccc2c(N)ncnn12. The van der Waals surface area contributed by atoms with Crippen LogP contribution in [0.15, 0.2) is 48.8 Å². The van der Waals surface area contributed by atoms with E-state index in [2.05, 4.69) is 21.2 Å². The lowest BCUT2D eigenvalue weighted by Gasteiger charge is -2.28. The van der Waals surface area contributed by atoms with Crippen molar-refractivity contribution in [1.82, 2.24) is 19.7 Å². The van der Waals surface area contributed by atoms with Gasteiger partial charge in [-0.15, -0.1) is 0 Å². The maximum atomic E-state index is 14.2. The van der Waals surface area contributed by atoms with Crippen LogP contribution >= 0.6 is 7.75 Å². The molecule has 3 heterocycles. The highest BCUT2D eigenvalue weighted by Gasteiger charge is 2.52. The van der Waals surface area contributed by atoms with Gasteiger partial charge in [0.2, 0.25) is 0 Å². The number of rotatable bonds is 13. The number of hydrogen-bond acceptors (Lipinski definition) is 13. The van der Waals surface area contributed by atoms with E-state index >= 15 is 0 Å². The predicted octanol–water partition coefficient (Wildman–Crippen LogP) is 3.60. The quantitative estimate of drug-likeness (QED) is 0.175. The molecule has 1 saturated carbocycles. The summed E-state index contributed by atoms with van der Waals surface area (Å²) in [7, 11) is -4.35. The van der Waals surface area contributed by atoms with Crippen molar-refractivity contribution < 1.29 is 37.4 Å². The largest absolute Gasteiger partial charge is 0.464 e. The molecule has 0 bridgehead atoms. The summed E-state index contributed by atoms with van der Waals surface area (Å²) in [5.74, 6) is -0.517. The third-order valence-corrected chi connectivity index (χ3v) is 9.92. The number of nitrogens with zero attached hydrogens (tertiary/aromatic N) is 4. The van der Waals surface area contributed by atoms with E-state index in [0.717, 1.165) is 25.7 Å². The van der Waals surface area contributed by atoms with Gasteiger partial charge in [-0.25, -0.2) is 14.1 Å². The van der Waals surface area contributed by atoms with E-state index in [1.165, 1.54) is 17.8 Å². The minimum atomic E-state index is -4.35. The number of ether oxygens (including phenoxy) is 3. The number of nitrogens with two attached hydrogens (primary N) is 2. The number of hydrogen-bond donors (Lipinski definition) is 3. The Bertz CT molecular complexity index is 1640. The van der Waals surface area contributed by atoms with Crippen LogP contribution in [-0.2, 0) is 32.9 Å². The smallest absolute Gasteiger partial charge is 0.459 e. The van der Waals surface area contributed by atoms with Gasteiger partial charge in [-0.3, -0.25) is 14.1 Å². The first kappa shape index (κ1) is 34.3. The molecule has 252 valence electrons. The molecule has 0 amide bonds. The van der Waals surface area contributed by atoms with Crippen molar-refractivity contribution >= 4 is 31.0 Å². The highest BCUT2D eigenvalue weighted by Crippen LogP contribution is 2.49. The number of carbonyl (C=O) groups is 2. The van der Waals surface area contributed by atoms with Crippen LogP contribution in [0.2, 0.25) is 0 Å². The lowest BCUT2D eigenvalue weighted by atomic mass is 9.87. The summed E-state index contributed by atoms with van der Waals surface area (Å²) in [4.78, 5) is 29.4. The van der Waals surface area contributed by atoms with Crippen molar-refractivity contribution in [3.8, 4) is 11.8 Å². The summed E-state index contributed by atoms with van der Waals surface area (Å²) in [6.45, 7) is 2.78. The number of benzene rings is 1. The number of nitrogen functional groups attached to an aromatic ring is 1. The zero-order chi connectivity index (χ0) is 33.6. The summed E-state index contributed by atoms with van der Waals surface area (Å²) in [5, 5.41) is 17.3. The van der Waals surface area contributed by atoms with E-state index in [0.29, 0.717) is 11.2 Å². The molecule has 16 heteroatoms. The summed E-state index contributed by atoms with van der Waals surface area (Å²) < 4.78 is 44.8. The molecule has 2 fully saturated rings. The highest BCUT2D eigenvalue weighted by molar-refractivity contribution is 7.52. The van der Waals surface area contributed by atoms with Crippen LogP contribution in [0, 0.1) is 17.2 Å². The van der Waals surface area contributed by atoms with E-state index in [-0.39, 0.29) is 43.0 Å². The number of esters is 2. The van der Waals surface area contributed by atoms with Crippen molar-refractivity contribution in [2.45, 2.75) is 82.3 Å². The lowest BCUT2D eigenvalue weighted by Crippen LogP contribution is -2.38. The van der Waals surface area contributed by atoms with Crippen LogP contribution < -0.4 is 21.1 Å². The van der Waals surface area contributed by atoms with Crippen molar-refractivity contribution in [1.29, 1.82) is 5.26 Å². The monoisotopic (exact) mass is 669 g/mol. The molecule has 3 aromatic rings. The number of para-hydroxylation sites is 1. The zero-order valence-electron chi connectivity index (χ0n) is 26.3. The highest BCUT2D eigenvalue weighted by atomic mass is 31.2. The van der Waals surface area contributed by atoms with Gasteiger partial charge in [0.05, 0.1) is 12.3 Å². The number of nitriles is 1. The Labute approximate surface area is 272 Å². The molecule has 2 aliphatic rings. The molecule has 1 aliphatic carbocycles. The van der Waals surface area contributed by atoms with Crippen LogP contribution in [0.1, 0.15) is 64.2 Å². The standard InChI is InChI=1S/C31H40N7O8P/c1-3-27(39)44-26-15-31(17-32,45-28(26)24-13-14-25-29(34)35-19-36-38(24)25)18-43-47(41,46-23-7-5-4-6-8-23)37-20(2)30(40)42-16-21-9-11-22(33)12-10-21/h4-8,13-14,19-22,26,28H,3,9-12,15-16,18,33H2,1-2H3,(H,37,41)(H2,34,35,36)/t20-,21?,22?,26+,28-,31+,47?/m0/s1. The summed E-state index contributed by atoms with van der Waals surface area (Å²) >= 11 is 0. The molecular formula is C31H40N7O8P. The lowest BCUT2D eigenvalue weighted by molar-refractivity contribution is -0.152. The Morgan fingerprint density at radius 3 is 2.66 bits per heavy atom. The Balaban J connectivity index is 1.34. The van der Waals surface area contributed by atoms with Crippen LogP contribution in [0.3, 0.4) is 0 Å². The van der Waals surface area contributed by atoms with Crippen molar-refractivity contribution in [2.75, 3.05) is 18.9 Å². The van der Waals surface area contributed by atoms with Gasteiger partial charge in [-0.2, -0.15) is 15.4 Å². The van der Waals surface area contributed by atoms with Gasteiger partial charge in [0.15, 0.2) is 11.4 Å². The maximum absolute atomic E-state index is 14.2. The molecule has 5 atom stereocenters. The van der Waals surface area contributed by atoms with E-state index in [1.54, 1.807) is 49.4 Å². The van der Waals surface area contributed by atoms with Gasteiger partial charge in [-0.1, -0.05) is 25.1 Å². The van der Waals surface area contributed by atoms with Crippen LogP contribution in [0.4, 0.5) is 5.82 Å². The third kappa shape index (κ3) is 8.27. The second-order valence-corrected chi connectivity index (χ2v) is 13.6. The van der Waals surface area contributed by atoms with Gasteiger partial charge in [0, 0.05) is 18.9 Å². The van der Waals surface area contributed by atoms with Gasteiger partial charge in [0.25, 0.3) is 0 Å². The first-order valence-corrected chi connectivity index (χ1v) is 17.1. The fourth-order valence-corrected chi connectivity index (χ4v) is 7.20. The van der Waals surface area contributed by atoms with Crippen molar-refractivity contribution in [3.63, 3.8) is 0 Å². The van der Waals surface area contributed by atoms with Crippen LogP contribution in [0.5, 0.6) is 5.75 Å². The van der Waals surface area contributed by atoms with Gasteiger partial charge in [0.1, 0.15) is 48.5 Å². The number of fused-ring (bicyclic) bond motifs is 1. The molecule has 15 nitrogen and oxygen atoms in total. The number of nitrogens with one attached hydrogen (secondary N) is 1. The molecule has 1 aromatic carbocycles. The molecule has 47 heavy (non-hydrogen) atoms. The summed E-state index contributed by atoms with van der Waals surface area (Å²) in [6.07, 6.45) is 2.82. The zero-order valence-corrected chi connectivity index (χ0v) is 27.2. The van der Waals surface area contributed by atoms with Crippen molar-refractivity contribution in [3.05, 3.63) is 54.5 Å². The first-order chi connectivity index (χ1) is 22.5. The molecule has 0 radical (unpaired) electrons. The van der Waals surface area contributed by atoms with E-state index < -0.39 is 50.1 Å². The molecular weight excluding hydrogens is 629 g/mol. The molecule has 5 rings (SSSR count).